The Morgan fingerprint density at radius 3 is 1.31 bits per heavy atom. The molecule has 0 aromatic heterocycles. The van der Waals surface area contributed by atoms with Crippen molar-refractivity contribution in [2.75, 3.05) is 34.5 Å². The minimum Gasteiger partial charge on any atom is -0.634 e. The Morgan fingerprint density at radius 1 is 0.641 bits per heavy atom. The number of hydrogen-bond acceptors (Lipinski definition) is 10. The number of carbonyl (C=O) groups is 1. The number of ether oxygens (including phenoxy) is 1. The first-order valence-corrected chi connectivity index (χ1v) is 12.6. The van der Waals surface area contributed by atoms with E-state index in [1.54, 1.807) is 0 Å². The molecule has 4 saturated heterocycles. The third kappa shape index (κ3) is 19.9. The first-order chi connectivity index (χ1) is 17.7. The van der Waals surface area contributed by atoms with Crippen LogP contribution >= 0.6 is 0 Å². The first kappa shape index (κ1) is 41.4. The van der Waals surface area contributed by atoms with Crippen LogP contribution in [-0.2, 0) is 68.0 Å². The molecule has 2 radical (unpaired) electrons. The monoisotopic (exact) mass is 742 g/mol. The fraction of sp³-hybridized carbons (Fsp3) is 0.957. The van der Waals surface area contributed by atoms with Crippen molar-refractivity contribution in [3.05, 3.63) is 21.3 Å². The molecule has 16 heteroatoms. The molecule has 14 nitrogen and oxygen atoms in total. The Bertz CT molecular complexity index is 573. The van der Waals surface area contributed by atoms with Crippen molar-refractivity contribution >= 4 is 5.97 Å². The van der Waals surface area contributed by atoms with Gasteiger partial charge in [0, 0.05) is 0 Å². The van der Waals surface area contributed by atoms with Crippen LogP contribution in [0.3, 0.4) is 0 Å². The van der Waals surface area contributed by atoms with Crippen LogP contribution in [0.15, 0.2) is 0 Å². The number of methoxy groups -OCH3 is 1. The average molecular weight is 742 g/mol. The van der Waals surface area contributed by atoms with Crippen LogP contribution in [0.4, 0.5) is 0 Å². The van der Waals surface area contributed by atoms with Crippen LogP contribution in [-0.4, -0.2) is 110 Å². The van der Waals surface area contributed by atoms with Crippen LogP contribution < -0.4 is 0 Å². The van der Waals surface area contributed by atoms with Crippen molar-refractivity contribution in [1.29, 1.82) is 0 Å². The molecule has 8 atom stereocenters. The fourth-order valence-electron chi connectivity index (χ4n) is 3.83. The molecule has 39 heavy (non-hydrogen) atoms. The van der Waals surface area contributed by atoms with Crippen LogP contribution in [0.1, 0.15) is 58.3 Å². The summed E-state index contributed by atoms with van der Waals surface area (Å²) < 4.78 is 4.44. The van der Waals surface area contributed by atoms with E-state index in [-0.39, 0.29) is 63.2 Å². The standard InChI is InChI=1S/2C6H12NO3.C6H10NO3.C5H10NO.2Rh/c2*1-9-10-4-5-2-3-6(8)7-5;1-10-6(9)4-2-3-5(8)7-4;1-4-2-3-5(7)6-4;;/h2*5-6,8H,2-4H2,1H3;4-5,8H,2-3H2,1H3;4-5,7H,2-3H2,1H3;;/q4*-1;2*+2/t5-,6-;;;;;/m0...../s1. The van der Waals surface area contributed by atoms with Crippen molar-refractivity contribution < 1.29 is 88.5 Å². The molecule has 4 N–H and O–H groups in total. The topological polar surface area (TPSA) is 201 Å². The van der Waals surface area contributed by atoms with E-state index in [4.69, 9.17) is 20.4 Å². The minimum atomic E-state index is -0.663. The largest absolute Gasteiger partial charge is 2.00 e. The van der Waals surface area contributed by atoms with Crippen LogP contribution in [0.25, 0.3) is 21.3 Å². The van der Waals surface area contributed by atoms with Gasteiger partial charge in [-0.05, 0) is 56.6 Å². The molecule has 0 amide bonds. The van der Waals surface area contributed by atoms with E-state index in [0.29, 0.717) is 32.1 Å². The third-order valence-electron chi connectivity index (χ3n) is 5.83. The molecule has 0 aromatic carbocycles. The van der Waals surface area contributed by atoms with Gasteiger partial charge in [-0.3, -0.25) is 4.79 Å². The number of hydrogen-bond donors (Lipinski definition) is 4. The summed E-state index contributed by atoms with van der Waals surface area (Å²) in [6.07, 6.45) is 4.40. The zero-order chi connectivity index (χ0) is 27.6. The van der Waals surface area contributed by atoms with Gasteiger partial charge in [0.15, 0.2) is 0 Å². The summed E-state index contributed by atoms with van der Waals surface area (Å²) in [6, 6.07) is 0.208. The van der Waals surface area contributed by atoms with E-state index < -0.39 is 24.7 Å². The molecule has 0 spiro atoms. The van der Waals surface area contributed by atoms with Crippen LogP contribution in [0.2, 0.25) is 0 Å². The predicted octanol–water partition coefficient (Wildman–Crippen LogP) is 1.71. The summed E-state index contributed by atoms with van der Waals surface area (Å²) in [4.78, 5) is 28.8. The Labute approximate surface area is 256 Å². The van der Waals surface area contributed by atoms with Crippen molar-refractivity contribution in [2.24, 2.45) is 0 Å². The molecule has 0 bridgehead atoms. The zero-order valence-electron chi connectivity index (χ0n) is 22.9. The Kier molecular flexibility index (Phi) is 26.3. The zero-order valence-corrected chi connectivity index (χ0v) is 26.2. The quantitative estimate of drug-likeness (QED) is 0.129. The van der Waals surface area contributed by atoms with Gasteiger partial charge in [-0.1, -0.05) is 32.6 Å². The molecule has 4 rings (SSSR count). The molecule has 0 aliphatic carbocycles. The van der Waals surface area contributed by atoms with Gasteiger partial charge in [0.2, 0.25) is 0 Å². The molecule has 4 heterocycles. The van der Waals surface area contributed by atoms with E-state index >= 15 is 0 Å². The molecule has 234 valence electrons. The van der Waals surface area contributed by atoms with Crippen molar-refractivity contribution in [1.82, 2.24) is 0 Å². The van der Waals surface area contributed by atoms with Crippen molar-refractivity contribution in [3.63, 3.8) is 0 Å². The number of nitrogens with zero attached hydrogens (tertiary/aromatic N) is 4. The van der Waals surface area contributed by atoms with Gasteiger partial charge in [-0.2, -0.15) is 0 Å². The second kappa shape index (κ2) is 24.8. The number of carbonyl (C=O) groups excluding carboxylic acids is 1. The number of rotatable bonds is 7. The summed E-state index contributed by atoms with van der Waals surface area (Å²) in [5.74, 6) is -0.350. The summed E-state index contributed by atoms with van der Waals surface area (Å²) in [5.41, 5.74) is 0. The normalized spacial score (nSPS) is 32.7. The Morgan fingerprint density at radius 2 is 1.05 bits per heavy atom. The molecule has 4 fully saturated rings. The SMILES string of the molecule is CC1CCC(O)[N-]1.COC(=O)C1CCC(O)[N-]1.COOCC1CCC(O)[N-]1.COOC[C@@H]1CC[C@H](O)[N-]1.[Rh+2].[Rh+2]. The molecular weight excluding hydrogens is 698 g/mol. The second-order valence-electron chi connectivity index (χ2n) is 8.93. The maximum absolute atomic E-state index is 10.7. The van der Waals surface area contributed by atoms with Gasteiger partial charge in [0.05, 0.1) is 34.5 Å². The third-order valence-corrected chi connectivity index (χ3v) is 5.83. The Hall–Kier alpha value is 0.237. The molecule has 0 aromatic rings. The van der Waals surface area contributed by atoms with E-state index in [9.17, 15) is 4.79 Å². The Balaban J connectivity index is 0. The minimum absolute atomic E-state index is 0. The van der Waals surface area contributed by atoms with E-state index in [1.165, 1.54) is 21.3 Å². The van der Waals surface area contributed by atoms with E-state index in [1.807, 2.05) is 6.92 Å². The van der Waals surface area contributed by atoms with Crippen LogP contribution in [0.5, 0.6) is 0 Å². The molecule has 4 aliphatic heterocycles. The smallest absolute Gasteiger partial charge is 0.634 e. The molecule has 0 saturated carbocycles. The van der Waals surface area contributed by atoms with Gasteiger partial charge < -0.3 is 46.4 Å². The summed E-state index contributed by atoms with van der Waals surface area (Å²) in [6.45, 7) is 2.93. The van der Waals surface area contributed by atoms with E-state index in [2.05, 4.69) is 45.6 Å². The van der Waals surface area contributed by atoms with Crippen molar-refractivity contribution in [2.45, 2.75) is 107 Å². The molecule has 6 unspecified atom stereocenters. The van der Waals surface area contributed by atoms with Crippen LogP contribution in [0, 0.1) is 0 Å². The van der Waals surface area contributed by atoms with Gasteiger partial charge in [-0.15, -0.1) is 18.1 Å². The van der Waals surface area contributed by atoms with Gasteiger partial charge >= 0.3 is 39.0 Å². The first-order valence-electron chi connectivity index (χ1n) is 12.6. The average Bonchev–Trinajstić information content (AvgIpc) is 3.67. The van der Waals surface area contributed by atoms with E-state index in [0.717, 1.165) is 38.5 Å². The fourth-order valence-corrected chi connectivity index (χ4v) is 3.83. The molecular formula is C23H44N4O10Rh2. The maximum atomic E-state index is 10.7. The van der Waals surface area contributed by atoms with Crippen molar-refractivity contribution in [3.8, 4) is 0 Å². The van der Waals surface area contributed by atoms with Gasteiger partial charge in [0.1, 0.15) is 0 Å². The summed E-state index contributed by atoms with van der Waals surface area (Å²) in [7, 11) is 4.25. The number of aliphatic hydroxyl groups is 4. The predicted molar refractivity (Wildman–Crippen MR) is 133 cm³/mol. The van der Waals surface area contributed by atoms with Gasteiger partial charge in [0.25, 0.3) is 5.97 Å². The molecule has 4 aliphatic rings. The maximum Gasteiger partial charge on any atom is 2.00 e. The number of aliphatic hydroxyl groups excluding tert-OH is 4. The number of esters is 1. The summed E-state index contributed by atoms with van der Waals surface area (Å²) in [5, 5.41) is 51.1. The second-order valence-corrected chi connectivity index (χ2v) is 8.93. The summed E-state index contributed by atoms with van der Waals surface area (Å²) >= 11 is 0. The van der Waals surface area contributed by atoms with Gasteiger partial charge in [-0.25, -0.2) is 19.6 Å².